The molecule has 1 aliphatic heterocycles. The zero-order valence-electron chi connectivity index (χ0n) is 9.79. The highest BCUT2D eigenvalue weighted by Gasteiger charge is 2.18. The lowest BCUT2D eigenvalue weighted by Crippen LogP contribution is -2.38. The summed E-state index contributed by atoms with van der Waals surface area (Å²) in [6, 6.07) is 0.720. The number of hydrogen-bond acceptors (Lipinski definition) is 2. The van der Waals surface area contributed by atoms with Gasteiger partial charge in [0.05, 0.1) is 0 Å². The molecule has 82 valence electrons. The van der Waals surface area contributed by atoms with Gasteiger partial charge in [-0.05, 0) is 52.7 Å². The first kappa shape index (κ1) is 11.7. The average Bonchev–Trinajstić information content (AvgIpc) is 2.19. The lowest BCUT2D eigenvalue weighted by Gasteiger charge is -2.33. The van der Waals surface area contributed by atoms with E-state index in [1.807, 2.05) is 7.05 Å². The quantitative estimate of drug-likeness (QED) is 0.691. The van der Waals surface area contributed by atoms with Crippen LogP contribution in [0.2, 0.25) is 0 Å². The molecule has 14 heavy (non-hydrogen) atoms. The van der Waals surface area contributed by atoms with Crippen molar-refractivity contribution in [3.05, 3.63) is 12.2 Å². The molecule has 1 fully saturated rings. The van der Waals surface area contributed by atoms with Crippen LogP contribution >= 0.6 is 0 Å². The van der Waals surface area contributed by atoms with Crippen molar-refractivity contribution in [2.45, 2.75) is 32.7 Å². The predicted octanol–water partition coefficient (Wildman–Crippen LogP) is 1.88. The third kappa shape index (κ3) is 3.81. The second kappa shape index (κ2) is 6.20. The van der Waals surface area contributed by atoms with Gasteiger partial charge in [0.25, 0.3) is 0 Å². The SMILES string of the molecule is CNC/C=C\C1CCN(C(C)C)CC1. The van der Waals surface area contributed by atoms with Crippen LogP contribution in [0.25, 0.3) is 0 Å². The highest BCUT2D eigenvalue weighted by Crippen LogP contribution is 2.19. The van der Waals surface area contributed by atoms with Crippen molar-refractivity contribution >= 4 is 0 Å². The molecule has 0 aromatic carbocycles. The normalized spacial score (nSPS) is 21.1. The lowest BCUT2D eigenvalue weighted by atomic mass is 9.95. The number of nitrogens with one attached hydrogen (secondary N) is 1. The molecule has 2 nitrogen and oxygen atoms in total. The number of allylic oxidation sites excluding steroid dienone is 1. The fourth-order valence-electron chi connectivity index (χ4n) is 2.01. The average molecular weight is 196 g/mol. The Kier molecular flexibility index (Phi) is 5.20. The van der Waals surface area contributed by atoms with Gasteiger partial charge < -0.3 is 10.2 Å². The Morgan fingerprint density at radius 3 is 2.50 bits per heavy atom. The number of rotatable bonds is 4. The fraction of sp³-hybridized carbons (Fsp3) is 0.833. The van der Waals surface area contributed by atoms with Crippen molar-refractivity contribution in [1.29, 1.82) is 0 Å². The van der Waals surface area contributed by atoms with Crippen molar-refractivity contribution < 1.29 is 0 Å². The minimum Gasteiger partial charge on any atom is -0.316 e. The zero-order valence-corrected chi connectivity index (χ0v) is 9.79. The minimum atomic E-state index is 0.720. The van der Waals surface area contributed by atoms with Crippen molar-refractivity contribution in [3.63, 3.8) is 0 Å². The molecule has 0 radical (unpaired) electrons. The molecule has 2 heteroatoms. The first-order valence-corrected chi connectivity index (χ1v) is 5.79. The molecule has 0 atom stereocenters. The van der Waals surface area contributed by atoms with Crippen molar-refractivity contribution in [2.75, 3.05) is 26.7 Å². The van der Waals surface area contributed by atoms with Crippen molar-refractivity contribution in [1.82, 2.24) is 10.2 Å². The summed E-state index contributed by atoms with van der Waals surface area (Å²) in [6.07, 6.45) is 7.31. The van der Waals surface area contributed by atoms with Crippen LogP contribution < -0.4 is 5.32 Å². The third-order valence-electron chi connectivity index (χ3n) is 3.03. The Hall–Kier alpha value is -0.340. The van der Waals surface area contributed by atoms with Crippen LogP contribution in [-0.4, -0.2) is 37.6 Å². The van der Waals surface area contributed by atoms with Gasteiger partial charge in [-0.15, -0.1) is 0 Å². The number of likely N-dealkylation sites (tertiary alicyclic amines) is 1. The first-order valence-electron chi connectivity index (χ1n) is 5.79. The fourth-order valence-corrected chi connectivity index (χ4v) is 2.01. The van der Waals surface area contributed by atoms with Gasteiger partial charge in [-0.2, -0.15) is 0 Å². The van der Waals surface area contributed by atoms with Crippen molar-refractivity contribution in [3.8, 4) is 0 Å². The second-order valence-corrected chi connectivity index (χ2v) is 4.45. The molecule has 1 N–H and O–H groups in total. The van der Waals surface area contributed by atoms with Gasteiger partial charge in [-0.3, -0.25) is 0 Å². The number of nitrogens with zero attached hydrogens (tertiary/aromatic N) is 1. The maximum absolute atomic E-state index is 3.14. The summed E-state index contributed by atoms with van der Waals surface area (Å²) in [6.45, 7) is 8.12. The number of likely N-dealkylation sites (N-methyl/N-ethyl adjacent to an activating group) is 1. The van der Waals surface area contributed by atoms with Gasteiger partial charge in [0, 0.05) is 12.6 Å². The van der Waals surface area contributed by atoms with Gasteiger partial charge in [0.15, 0.2) is 0 Å². The maximum Gasteiger partial charge on any atom is 0.0131 e. The van der Waals surface area contributed by atoms with Gasteiger partial charge in [0.2, 0.25) is 0 Å². The Morgan fingerprint density at radius 1 is 1.36 bits per heavy atom. The van der Waals surface area contributed by atoms with E-state index in [0.29, 0.717) is 0 Å². The van der Waals surface area contributed by atoms with E-state index in [1.54, 1.807) is 0 Å². The standard InChI is InChI=1S/C12H24N2/c1-11(2)14-9-6-12(7-10-14)5-4-8-13-3/h4-5,11-13H,6-10H2,1-3H3/b5-4-. The third-order valence-corrected chi connectivity index (χ3v) is 3.03. The van der Waals surface area contributed by atoms with Gasteiger partial charge in [-0.1, -0.05) is 12.2 Å². The summed E-state index contributed by atoms with van der Waals surface area (Å²) in [7, 11) is 1.99. The van der Waals surface area contributed by atoms with Crippen LogP contribution in [0.5, 0.6) is 0 Å². The van der Waals surface area contributed by atoms with E-state index >= 15 is 0 Å². The lowest BCUT2D eigenvalue weighted by molar-refractivity contribution is 0.164. The largest absolute Gasteiger partial charge is 0.316 e. The van der Waals surface area contributed by atoms with Gasteiger partial charge >= 0.3 is 0 Å². The Bertz CT molecular complexity index is 167. The second-order valence-electron chi connectivity index (χ2n) is 4.45. The number of hydrogen-bond donors (Lipinski definition) is 1. The summed E-state index contributed by atoms with van der Waals surface area (Å²) in [5, 5.41) is 3.14. The highest BCUT2D eigenvalue weighted by molar-refractivity contribution is 4.92. The highest BCUT2D eigenvalue weighted by atomic mass is 15.1. The molecule has 0 amide bonds. The summed E-state index contributed by atoms with van der Waals surface area (Å²) < 4.78 is 0. The van der Waals surface area contributed by atoms with E-state index in [0.717, 1.165) is 18.5 Å². The van der Waals surface area contributed by atoms with Crippen molar-refractivity contribution in [2.24, 2.45) is 5.92 Å². The molecule has 0 aromatic rings. The molecule has 0 bridgehead atoms. The summed E-state index contributed by atoms with van der Waals surface area (Å²) in [4.78, 5) is 2.57. The van der Waals surface area contributed by atoms with Crippen LogP contribution in [0.4, 0.5) is 0 Å². The predicted molar refractivity (Wildman–Crippen MR) is 62.5 cm³/mol. The van der Waals surface area contributed by atoms with Gasteiger partial charge in [-0.25, -0.2) is 0 Å². The topological polar surface area (TPSA) is 15.3 Å². The van der Waals surface area contributed by atoms with Crippen LogP contribution in [0.1, 0.15) is 26.7 Å². The van der Waals surface area contributed by atoms with Crippen LogP contribution in [-0.2, 0) is 0 Å². The molecule has 0 unspecified atom stereocenters. The van der Waals surface area contributed by atoms with E-state index < -0.39 is 0 Å². The van der Waals surface area contributed by atoms with E-state index in [9.17, 15) is 0 Å². The van der Waals surface area contributed by atoms with Crippen LogP contribution in [0.15, 0.2) is 12.2 Å². The Balaban J connectivity index is 2.22. The molecule has 1 heterocycles. The van der Waals surface area contributed by atoms with E-state index in [4.69, 9.17) is 0 Å². The number of piperidine rings is 1. The van der Waals surface area contributed by atoms with E-state index in [1.165, 1.54) is 25.9 Å². The molecule has 0 aromatic heterocycles. The molecular formula is C12H24N2. The molecule has 0 saturated carbocycles. The monoisotopic (exact) mass is 196 g/mol. The Labute approximate surface area is 88.4 Å². The maximum atomic E-state index is 3.14. The molecule has 1 rings (SSSR count). The minimum absolute atomic E-state index is 0.720. The van der Waals surface area contributed by atoms with E-state index in [-0.39, 0.29) is 0 Å². The van der Waals surface area contributed by atoms with Gasteiger partial charge in [0.1, 0.15) is 0 Å². The zero-order chi connectivity index (χ0) is 10.4. The van der Waals surface area contributed by atoms with Crippen LogP contribution in [0, 0.1) is 5.92 Å². The molecule has 1 saturated heterocycles. The summed E-state index contributed by atoms with van der Waals surface area (Å²) >= 11 is 0. The molecule has 1 aliphatic rings. The van der Waals surface area contributed by atoms with Crippen LogP contribution in [0.3, 0.4) is 0 Å². The molecular weight excluding hydrogens is 172 g/mol. The first-order chi connectivity index (χ1) is 6.74. The molecule has 0 spiro atoms. The summed E-state index contributed by atoms with van der Waals surface area (Å²) in [5.41, 5.74) is 0. The Morgan fingerprint density at radius 2 is 2.00 bits per heavy atom. The van der Waals surface area contributed by atoms with E-state index in [2.05, 4.69) is 36.2 Å². The molecule has 0 aliphatic carbocycles. The smallest absolute Gasteiger partial charge is 0.0131 e. The summed E-state index contributed by atoms with van der Waals surface area (Å²) in [5.74, 6) is 0.818.